The molecule has 4 aliphatic carbocycles. The van der Waals surface area contributed by atoms with Crippen molar-refractivity contribution in [2.75, 3.05) is 6.61 Å². The van der Waals surface area contributed by atoms with Gasteiger partial charge in [-0.3, -0.25) is 0 Å². The van der Waals surface area contributed by atoms with Crippen LogP contribution in [0.15, 0.2) is 11.6 Å². The van der Waals surface area contributed by atoms with Crippen LogP contribution in [-0.2, 0) is 4.74 Å². The van der Waals surface area contributed by atoms with Crippen LogP contribution in [0, 0.1) is 28.6 Å². The van der Waals surface area contributed by atoms with E-state index in [9.17, 15) is 5.11 Å². The predicted octanol–water partition coefficient (Wildman–Crippen LogP) is 4.72. The molecule has 1 N–H and O–H groups in total. The highest BCUT2D eigenvalue weighted by molar-refractivity contribution is 5.25. The van der Waals surface area contributed by atoms with E-state index in [0.29, 0.717) is 16.9 Å². The Balaban J connectivity index is 1.62. The third-order valence-electron chi connectivity index (χ3n) is 8.36. The van der Waals surface area contributed by atoms with Gasteiger partial charge in [-0.2, -0.15) is 0 Å². The summed E-state index contributed by atoms with van der Waals surface area (Å²) in [5, 5.41) is 10.1. The van der Waals surface area contributed by atoms with Crippen LogP contribution >= 0.6 is 0 Å². The third-order valence-corrected chi connectivity index (χ3v) is 8.36. The van der Waals surface area contributed by atoms with Gasteiger partial charge in [0.15, 0.2) is 0 Å². The molecule has 3 saturated carbocycles. The van der Waals surface area contributed by atoms with Gasteiger partial charge in [-0.1, -0.05) is 25.5 Å². The SMILES string of the molecule is CCOC1CCC2C3CC=C4CC(O)CCC4(C)C3CCC12C. The summed E-state index contributed by atoms with van der Waals surface area (Å²) >= 11 is 0. The van der Waals surface area contributed by atoms with Crippen LogP contribution in [0.1, 0.15) is 72.1 Å². The number of hydrogen-bond donors (Lipinski definition) is 1. The van der Waals surface area contributed by atoms with Crippen molar-refractivity contribution >= 4 is 0 Å². The van der Waals surface area contributed by atoms with E-state index in [0.717, 1.165) is 37.2 Å². The molecule has 3 fully saturated rings. The van der Waals surface area contributed by atoms with Gasteiger partial charge >= 0.3 is 0 Å². The van der Waals surface area contributed by atoms with Crippen LogP contribution in [0.5, 0.6) is 0 Å². The summed E-state index contributed by atoms with van der Waals surface area (Å²) in [6.45, 7) is 8.04. The molecule has 2 nitrogen and oxygen atoms in total. The van der Waals surface area contributed by atoms with E-state index in [1.807, 2.05) is 0 Å². The minimum Gasteiger partial charge on any atom is -0.393 e. The highest BCUT2D eigenvalue weighted by Gasteiger charge is 2.58. The smallest absolute Gasteiger partial charge is 0.0631 e. The van der Waals surface area contributed by atoms with E-state index in [2.05, 4.69) is 26.8 Å². The zero-order chi connectivity index (χ0) is 16.2. The van der Waals surface area contributed by atoms with Crippen molar-refractivity contribution in [2.24, 2.45) is 28.6 Å². The van der Waals surface area contributed by atoms with Gasteiger partial charge in [-0.25, -0.2) is 0 Å². The van der Waals surface area contributed by atoms with Gasteiger partial charge in [0.05, 0.1) is 12.2 Å². The van der Waals surface area contributed by atoms with Crippen molar-refractivity contribution in [2.45, 2.75) is 84.3 Å². The molecule has 0 bridgehead atoms. The number of hydrogen-bond acceptors (Lipinski definition) is 2. The van der Waals surface area contributed by atoms with E-state index in [1.165, 1.54) is 38.5 Å². The maximum absolute atomic E-state index is 10.1. The monoisotopic (exact) mass is 318 g/mol. The van der Waals surface area contributed by atoms with Gasteiger partial charge in [0.2, 0.25) is 0 Å². The number of aliphatic hydroxyl groups excluding tert-OH is 1. The van der Waals surface area contributed by atoms with Crippen molar-refractivity contribution in [1.82, 2.24) is 0 Å². The summed E-state index contributed by atoms with van der Waals surface area (Å²) in [6.07, 6.45) is 12.7. The molecule has 0 aliphatic heterocycles. The lowest BCUT2D eigenvalue weighted by molar-refractivity contribution is -0.0909. The van der Waals surface area contributed by atoms with Crippen molar-refractivity contribution in [1.29, 1.82) is 0 Å². The van der Waals surface area contributed by atoms with Gasteiger partial charge in [0, 0.05) is 6.61 Å². The number of aliphatic hydroxyl groups is 1. The third kappa shape index (κ3) is 2.28. The molecule has 0 aromatic carbocycles. The molecule has 4 rings (SSSR count). The molecule has 0 spiro atoms. The summed E-state index contributed by atoms with van der Waals surface area (Å²) in [7, 11) is 0. The molecular weight excluding hydrogens is 284 g/mol. The molecule has 0 heterocycles. The Kier molecular flexibility index (Phi) is 3.93. The summed E-state index contributed by atoms with van der Waals surface area (Å²) in [5.41, 5.74) is 2.36. The fraction of sp³-hybridized carbons (Fsp3) is 0.905. The molecule has 7 unspecified atom stereocenters. The standard InChI is InChI=1S/C21H34O2/c1-4-23-19-8-7-17-16-6-5-14-13-15(22)9-11-20(14,2)18(16)10-12-21(17,19)3/h5,15-19,22H,4,6-13H2,1-3H3. The van der Waals surface area contributed by atoms with Crippen molar-refractivity contribution in [3.05, 3.63) is 11.6 Å². The molecule has 7 atom stereocenters. The van der Waals surface area contributed by atoms with Crippen molar-refractivity contribution in [3.8, 4) is 0 Å². The Morgan fingerprint density at radius 2 is 1.96 bits per heavy atom. The largest absolute Gasteiger partial charge is 0.393 e. The lowest BCUT2D eigenvalue weighted by atomic mass is 9.48. The first kappa shape index (κ1) is 16.1. The normalized spacial score (nSPS) is 52.3. The van der Waals surface area contributed by atoms with Crippen LogP contribution in [0.4, 0.5) is 0 Å². The summed E-state index contributed by atoms with van der Waals surface area (Å²) in [4.78, 5) is 0. The van der Waals surface area contributed by atoms with Crippen LogP contribution in [-0.4, -0.2) is 23.9 Å². The predicted molar refractivity (Wildman–Crippen MR) is 93.1 cm³/mol. The molecule has 0 amide bonds. The molecule has 23 heavy (non-hydrogen) atoms. The second-order valence-electron chi connectivity index (χ2n) is 9.22. The lowest BCUT2D eigenvalue weighted by Gasteiger charge is -2.57. The maximum Gasteiger partial charge on any atom is 0.0631 e. The van der Waals surface area contributed by atoms with Crippen molar-refractivity contribution in [3.63, 3.8) is 0 Å². The minimum atomic E-state index is -0.0893. The first-order chi connectivity index (χ1) is 11.0. The van der Waals surface area contributed by atoms with E-state index in [4.69, 9.17) is 4.74 Å². The maximum atomic E-state index is 10.1. The van der Waals surface area contributed by atoms with Gasteiger partial charge in [-0.05, 0) is 86.9 Å². The molecular formula is C21H34O2. The number of fused-ring (bicyclic) bond motifs is 5. The number of rotatable bonds is 2. The van der Waals surface area contributed by atoms with Crippen LogP contribution in [0.2, 0.25) is 0 Å². The lowest BCUT2D eigenvalue weighted by Crippen LogP contribution is -2.51. The Morgan fingerprint density at radius 3 is 2.74 bits per heavy atom. The average molecular weight is 319 g/mol. The van der Waals surface area contributed by atoms with E-state index >= 15 is 0 Å². The fourth-order valence-electron chi connectivity index (χ4n) is 7.07. The average Bonchev–Trinajstić information content (AvgIpc) is 2.85. The van der Waals surface area contributed by atoms with E-state index in [1.54, 1.807) is 5.57 Å². The molecule has 0 aromatic rings. The summed E-state index contributed by atoms with van der Waals surface area (Å²) < 4.78 is 6.15. The fourth-order valence-corrected chi connectivity index (χ4v) is 7.07. The zero-order valence-corrected chi connectivity index (χ0v) is 15.2. The van der Waals surface area contributed by atoms with Crippen LogP contribution in [0.3, 0.4) is 0 Å². The second kappa shape index (κ2) is 5.59. The van der Waals surface area contributed by atoms with Gasteiger partial charge < -0.3 is 9.84 Å². The molecule has 0 radical (unpaired) electrons. The zero-order valence-electron chi connectivity index (χ0n) is 15.2. The Labute approximate surface area is 141 Å². The highest BCUT2D eigenvalue weighted by atomic mass is 16.5. The Bertz CT molecular complexity index is 498. The van der Waals surface area contributed by atoms with Crippen LogP contribution in [0.25, 0.3) is 0 Å². The number of ether oxygens (including phenoxy) is 1. The molecule has 130 valence electrons. The Hall–Kier alpha value is -0.340. The molecule has 4 aliphatic rings. The number of allylic oxidation sites excluding steroid dienone is 1. The molecule has 0 aromatic heterocycles. The van der Waals surface area contributed by atoms with Gasteiger partial charge in [-0.15, -0.1) is 0 Å². The van der Waals surface area contributed by atoms with Gasteiger partial charge in [0.1, 0.15) is 0 Å². The van der Waals surface area contributed by atoms with Gasteiger partial charge in [0.25, 0.3) is 0 Å². The highest BCUT2D eigenvalue weighted by Crippen LogP contribution is 2.65. The molecule has 0 saturated heterocycles. The summed E-state index contributed by atoms with van der Waals surface area (Å²) in [6, 6.07) is 0. The quantitative estimate of drug-likeness (QED) is 0.747. The second-order valence-corrected chi connectivity index (χ2v) is 9.22. The molecule has 2 heteroatoms. The summed E-state index contributed by atoms with van der Waals surface area (Å²) in [5.74, 6) is 2.54. The van der Waals surface area contributed by atoms with Crippen LogP contribution < -0.4 is 0 Å². The Morgan fingerprint density at radius 1 is 1.13 bits per heavy atom. The minimum absolute atomic E-state index is 0.0893. The van der Waals surface area contributed by atoms with E-state index in [-0.39, 0.29) is 6.10 Å². The van der Waals surface area contributed by atoms with E-state index < -0.39 is 0 Å². The topological polar surface area (TPSA) is 29.5 Å². The van der Waals surface area contributed by atoms with Crippen molar-refractivity contribution < 1.29 is 9.84 Å². The first-order valence-electron chi connectivity index (χ1n) is 9.98. The first-order valence-corrected chi connectivity index (χ1v) is 9.98.